The molecule has 0 radical (unpaired) electrons. The van der Waals surface area contributed by atoms with Crippen molar-refractivity contribution in [3.8, 4) is 0 Å². The Morgan fingerprint density at radius 3 is 2.50 bits per heavy atom. The van der Waals surface area contributed by atoms with Gasteiger partial charge in [-0.05, 0) is 51.0 Å². The van der Waals surface area contributed by atoms with Gasteiger partial charge in [0.1, 0.15) is 0 Å². The molecule has 1 amide bonds. The van der Waals surface area contributed by atoms with Crippen molar-refractivity contribution in [1.82, 2.24) is 10.2 Å². The summed E-state index contributed by atoms with van der Waals surface area (Å²) in [5, 5.41) is 2.59. The Labute approximate surface area is 128 Å². The SMILES string of the molecule is O=C(NCCCN1CCCCC1)c1ccccc1C(F)(F)F. The quantitative estimate of drug-likeness (QED) is 0.846. The Morgan fingerprint density at radius 1 is 1.14 bits per heavy atom. The number of carbonyl (C=O) groups excluding carboxylic acids is 1. The summed E-state index contributed by atoms with van der Waals surface area (Å²) >= 11 is 0. The van der Waals surface area contributed by atoms with Crippen LogP contribution in [0.1, 0.15) is 41.6 Å². The number of likely N-dealkylation sites (tertiary alicyclic amines) is 1. The highest BCUT2D eigenvalue weighted by molar-refractivity contribution is 5.95. The van der Waals surface area contributed by atoms with E-state index in [-0.39, 0.29) is 5.56 Å². The minimum absolute atomic E-state index is 0.312. The number of amides is 1. The van der Waals surface area contributed by atoms with Crippen LogP contribution in [0.4, 0.5) is 13.2 Å². The average molecular weight is 314 g/mol. The highest BCUT2D eigenvalue weighted by Gasteiger charge is 2.34. The fraction of sp³-hybridized carbons (Fsp3) is 0.562. The summed E-state index contributed by atoms with van der Waals surface area (Å²) in [6, 6.07) is 4.87. The lowest BCUT2D eigenvalue weighted by molar-refractivity contribution is -0.137. The molecule has 1 heterocycles. The molecular weight excluding hydrogens is 293 g/mol. The van der Waals surface area contributed by atoms with E-state index in [1.54, 1.807) is 0 Å². The Balaban J connectivity index is 1.82. The van der Waals surface area contributed by atoms with Crippen LogP contribution in [0.15, 0.2) is 24.3 Å². The van der Waals surface area contributed by atoms with Crippen molar-refractivity contribution < 1.29 is 18.0 Å². The molecule has 0 aliphatic carbocycles. The van der Waals surface area contributed by atoms with Gasteiger partial charge in [0.05, 0.1) is 11.1 Å². The largest absolute Gasteiger partial charge is 0.417 e. The third kappa shape index (κ3) is 4.73. The van der Waals surface area contributed by atoms with E-state index in [0.717, 1.165) is 32.1 Å². The third-order valence-electron chi connectivity index (χ3n) is 3.86. The van der Waals surface area contributed by atoms with Gasteiger partial charge >= 0.3 is 6.18 Å². The van der Waals surface area contributed by atoms with Gasteiger partial charge in [0, 0.05) is 6.54 Å². The Morgan fingerprint density at radius 2 is 1.82 bits per heavy atom. The second-order valence-electron chi connectivity index (χ2n) is 5.56. The molecule has 22 heavy (non-hydrogen) atoms. The summed E-state index contributed by atoms with van der Waals surface area (Å²) in [6.07, 6.45) is -0.0975. The van der Waals surface area contributed by atoms with E-state index >= 15 is 0 Å². The smallest absolute Gasteiger partial charge is 0.352 e. The lowest BCUT2D eigenvalue weighted by atomic mass is 10.1. The second kappa shape index (κ2) is 7.63. The van der Waals surface area contributed by atoms with Gasteiger partial charge < -0.3 is 10.2 Å². The maximum absolute atomic E-state index is 12.9. The zero-order valence-electron chi connectivity index (χ0n) is 12.5. The zero-order chi connectivity index (χ0) is 16.0. The zero-order valence-corrected chi connectivity index (χ0v) is 12.5. The Kier molecular flexibility index (Phi) is 5.83. The molecule has 1 aliphatic rings. The van der Waals surface area contributed by atoms with Crippen LogP contribution >= 0.6 is 0 Å². The lowest BCUT2D eigenvalue weighted by Gasteiger charge is -2.26. The molecule has 1 aromatic rings. The maximum Gasteiger partial charge on any atom is 0.417 e. The van der Waals surface area contributed by atoms with Crippen molar-refractivity contribution >= 4 is 5.91 Å². The van der Waals surface area contributed by atoms with Crippen LogP contribution in [0, 0.1) is 0 Å². The second-order valence-corrected chi connectivity index (χ2v) is 5.56. The molecule has 1 N–H and O–H groups in total. The van der Waals surface area contributed by atoms with E-state index in [9.17, 15) is 18.0 Å². The highest BCUT2D eigenvalue weighted by atomic mass is 19.4. The van der Waals surface area contributed by atoms with E-state index in [1.807, 2.05) is 0 Å². The molecule has 0 unspecified atom stereocenters. The molecule has 0 spiro atoms. The predicted octanol–water partition coefficient (Wildman–Crippen LogP) is 3.31. The van der Waals surface area contributed by atoms with Crippen molar-refractivity contribution in [2.45, 2.75) is 31.9 Å². The predicted molar refractivity (Wildman–Crippen MR) is 78.7 cm³/mol. The fourth-order valence-electron chi connectivity index (χ4n) is 2.71. The Hall–Kier alpha value is -1.56. The summed E-state index contributed by atoms with van der Waals surface area (Å²) in [6.45, 7) is 3.42. The number of nitrogens with zero attached hydrogens (tertiary/aromatic N) is 1. The first kappa shape index (κ1) is 16.8. The number of halogens is 3. The monoisotopic (exact) mass is 314 g/mol. The van der Waals surface area contributed by atoms with Crippen LogP contribution in [0.25, 0.3) is 0 Å². The van der Waals surface area contributed by atoms with Crippen molar-refractivity contribution in [3.63, 3.8) is 0 Å². The summed E-state index contributed by atoms with van der Waals surface area (Å²) in [7, 11) is 0. The molecule has 1 fully saturated rings. The fourth-order valence-corrected chi connectivity index (χ4v) is 2.71. The first-order valence-electron chi connectivity index (χ1n) is 7.65. The lowest BCUT2D eigenvalue weighted by Crippen LogP contribution is -2.33. The molecule has 1 aromatic carbocycles. The van der Waals surface area contributed by atoms with Crippen molar-refractivity contribution in [3.05, 3.63) is 35.4 Å². The van der Waals surface area contributed by atoms with E-state index in [4.69, 9.17) is 0 Å². The number of hydrogen-bond donors (Lipinski definition) is 1. The number of piperidine rings is 1. The number of benzene rings is 1. The molecule has 2 rings (SSSR count). The topological polar surface area (TPSA) is 32.3 Å². The number of alkyl halides is 3. The standard InChI is InChI=1S/C16H21F3N2O/c17-16(18,19)14-8-3-2-7-13(14)15(22)20-9-6-12-21-10-4-1-5-11-21/h2-3,7-8H,1,4-6,9-12H2,(H,20,22). The number of carbonyl (C=O) groups is 1. The summed E-state index contributed by atoms with van der Waals surface area (Å²) in [5.74, 6) is -0.661. The molecule has 3 nitrogen and oxygen atoms in total. The molecule has 0 saturated carbocycles. The van der Waals surface area contributed by atoms with Crippen molar-refractivity contribution in [2.75, 3.05) is 26.2 Å². The van der Waals surface area contributed by atoms with Crippen molar-refractivity contribution in [2.24, 2.45) is 0 Å². The normalized spacial score (nSPS) is 16.5. The molecule has 0 bridgehead atoms. The summed E-state index contributed by atoms with van der Waals surface area (Å²) in [5.41, 5.74) is -1.20. The van der Waals surface area contributed by atoms with Crippen LogP contribution in [0.5, 0.6) is 0 Å². The summed E-state index contributed by atoms with van der Waals surface area (Å²) < 4.78 is 38.6. The van der Waals surface area contributed by atoms with Gasteiger partial charge in [-0.1, -0.05) is 18.6 Å². The van der Waals surface area contributed by atoms with Gasteiger partial charge in [-0.15, -0.1) is 0 Å². The molecule has 122 valence electrons. The van der Waals surface area contributed by atoms with Gasteiger partial charge in [0.25, 0.3) is 5.91 Å². The highest BCUT2D eigenvalue weighted by Crippen LogP contribution is 2.31. The molecule has 0 atom stereocenters. The molecule has 0 aromatic heterocycles. The van der Waals surface area contributed by atoms with Crippen LogP contribution in [0.2, 0.25) is 0 Å². The van der Waals surface area contributed by atoms with E-state index in [2.05, 4.69) is 10.2 Å². The van der Waals surface area contributed by atoms with Crippen molar-refractivity contribution in [1.29, 1.82) is 0 Å². The van der Waals surface area contributed by atoms with Gasteiger partial charge in [-0.3, -0.25) is 4.79 Å². The minimum Gasteiger partial charge on any atom is -0.352 e. The van der Waals surface area contributed by atoms with Gasteiger partial charge in [0.2, 0.25) is 0 Å². The maximum atomic E-state index is 12.9. The van der Waals surface area contributed by atoms with E-state index in [1.165, 1.54) is 37.5 Å². The number of rotatable bonds is 5. The molecule has 1 aliphatic heterocycles. The molecule has 6 heteroatoms. The number of nitrogens with one attached hydrogen (secondary N) is 1. The van der Waals surface area contributed by atoms with Gasteiger partial charge in [-0.25, -0.2) is 0 Å². The molecular formula is C16H21F3N2O. The van der Waals surface area contributed by atoms with Gasteiger partial charge in [0.15, 0.2) is 0 Å². The minimum atomic E-state index is -4.51. The number of hydrogen-bond acceptors (Lipinski definition) is 2. The summed E-state index contributed by atoms with van der Waals surface area (Å²) in [4.78, 5) is 14.3. The van der Waals surface area contributed by atoms with Gasteiger partial charge in [-0.2, -0.15) is 13.2 Å². The van der Waals surface area contributed by atoms with Crippen LogP contribution in [-0.4, -0.2) is 37.0 Å². The van der Waals surface area contributed by atoms with Crippen LogP contribution in [0.3, 0.4) is 0 Å². The first-order valence-corrected chi connectivity index (χ1v) is 7.65. The Bertz CT molecular complexity index is 496. The van der Waals surface area contributed by atoms with E-state index < -0.39 is 17.6 Å². The average Bonchev–Trinajstić information content (AvgIpc) is 2.51. The van der Waals surface area contributed by atoms with Crippen LogP contribution in [-0.2, 0) is 6.18 Å². The third-order valence-corrected chi connectivity index (χ3v) is 3.86. The van der Waals surface area contributed by atoms with Crippen LogP contribution < -0.4 is 5.32 Å². The first-order chi connectivity index (χ1) is 10.5. The molecule has 1 saturated heterocycles. The van der Waals surface area contributed by atoms with E-state index in [0.29, 0.717) is 6.54 Å².